The van der Waals surface area contributed by atoms with Gasteiger partial charge in [-0.15, -0.1) is 0 Å². The Morgan fingerprint density at radius 3 is 2.56 bits per heavy atom. The van der Waals surface area contributed by atoms with Crippen molar-refractivity contribution in [1.82, 2.24) is 4.90 Å². The number of benzene rings is 3. The Bertz CT molecular complexity index is 1300. The summed E-state index contributed by atoms with van der Waals surface area (Å²) in [5.74, 6) is -1.68. The Labute approximate surface area is 197 Å². The first-order chi connectivity index (χ1) is 16.4. The number of aliphatic hydroxyl groups excluding tert-OH is 1. The average Bonchev–Trinajstić information content (AvgIpc) is 3.33. The van der Waals surface area contributed by atoms with Gasteiger partial charge in [0.15, 0.2) is 0 Å². The number of ether oxygens (including phenoxy) is 1. The molecule has 1 saturated heterocycles. The molecule has 0 aliphatic carbocycles. The Hall–Kier alpha value is -3.93. The SMILES string of the molecule is C[C@H]1Cc2cc(/C(O)=C3\C(=O)C(=O)N(CCc4ccccc4)[C@H]3c3ccccc3F)ccc2O1. The van der Waals surface area contributed by atoms with Crippen LogP contribution in [0.3, 0.4) is 0 Å². The molecular formula is C28H24FNO4. The lowest BCUT2D eigenvalue weighted by molar-refractivity contribution is -0.139. The van der Waals surface area contributed by atoms with E-state index in [2.05, 4.69) is 0 Å². The predicted molar refractivity (Wildman–Crippen MR) is 126 cm³/mol. The van der Waals surface area contributed by atoms with Crippen LogP contribution in [0.4, 0.5) is 4.39 Å². The Morgan fingerprint density at radius 1 is 1.06 bits per heavy atom. The summed E-state index contributed by atoms with van der Waals surface area (Å²) in [6.45, 7) is 2.16. The zero-order valence-electron chi connectivity index (χ0n) is 18.7. The van der Waals surface area contributed by atoms with Gasteiger partial charge in [-0.2, -0.15) is 0 Å². The van der Waals surface area contributed by atoms with Gasteiger partial charge in [0.25, 0.3) is 11.7 Å². The van der Waals surface area contributed by atoms with Crippen molar-refractivity contribution in [3.8, 4) is 5.75 Å². The van der Waals surface area contributed by atoms with Gasteiger partial charge >= 0.3 is 0 Å². The molecule has 0 radical (unpaired) electrons. The van der Waals surface area contributed by atoms with Crippen LogP contribution in [0.1, 0.15) is 35.2 Å². The van der Waals surface area contributed by atoms with Crippen molar-refractivity contribution in [2.45, 2.75) is 31.9 Å². The van der Waals surface area contributed by atoms with Crippen LogP contribution in [0, 0.1) is 5.82 Å². The number of hydrogen-bond acceptors (Lipinski definition) is 4. The van der Waals surface area contributed by atoms with Crippen LogP contribution in [0.25, 0.3) is 5.76 Å². The number of hydrogen-bond donors (Lipinski definition) is 1. The van der Waals surface area contributed by atoms with Gasteiger partial charge in [0.05, 0.1) is 11.6 Å². The van der Waals surface area contributed by atoms with Crippen LogP contribution in [-0.2, 0) is 22.4 Å². The highest BCUT2D eigenvalue weighted by Crippen LogP contribution is 2.41. The lowest BCUT2D eigenvalue weighted by atomic mass is 9.94. The highest BCUT2D eigenvalue weighted by molar-refractivity contribution is 6.46. The van der Waals surface area contributed by atoms with Gasteiger partial charge in [-0.25, -0.2) is 4.39 Å². The third-order valence-corrected chi connectivity index (χ3v) is 6.39. The largest absolute Gasteiger partial charge is 0.507 e. The van der Waals surface area contributed by atoms with Crippen molar-refractivity contribution < 1.29 is 23.8 Å². The summed E-state index contributed by atoms with van der Waals surface area (Å²) >= 11 is 0. The van der Waals surface area contributed by atoms with E-state index >= 15 is 0 Å². The maximum atomic E-state index is 14.9. The van der Waals surface area contributed by atoms with Gasteiger partial charge in [-0.3, -0.25) is 9.59 Å². The maximum Gasteiger partial charge on any atom is 0.295 e. The standard InChI is InChI=1S/C28H24FNO4/c1-17-15-20-16-19(11-12-23(20)34-17)26(31)24-25(21-9-5-6-10-22(21)29)30(28(33)27(24)32)14-13-18-7-3-2-4-8-18/h2-12,16-17,25,31H,13-15H2,1H3/b26-24+/t17-,25-/m0/s1. The van der Waals surface area contributed by atoms with E-state index in [9.17, 15) is 19.1 Å². The molecule has 6 heteroatoms. The molecular weight excluding hydrogens is 433 g/mol. The Balaban J connectivity index is 1.59. The summed E-state index contributed by atoms with van der Waals surface area (Å²) in [5.41, 5.74) is 2.38. The number of ketones is 1. The number of rotatable bonds is 5. The number of aliphatic hydroxyl groups is 1. The predicted octanol–water partition coefficient (Wildman–Crippen LogP) is 4.81. The molecule has 0 unspecified atom stereocenters. The minimum absolute atomic E-state index is 0.0226. The van der Waals surface area contributed by atoms with Crippen molar-refractivity contribution >= 4 is 17.4 Å². The van der Waals surface area contributed by atoms with E-state index in [4.69, 9.17) is 4.74 Å². The van der Waals surface area contributed by atoms with E-state index in [-0.39, 0.29) is 29.5 Å². The molecule has 34 heavy (non-hydrogen) atoms. The Kier molecular flexibility index (Phi) is 5.65. The fourth-order valence-electron chi connectivity index (χ4n) is 4.75. The molecule has 5 nitrogen and oxygen atoms in total. The van der Waals surface area contributed by atoms with Crippen LogP contribution in [0.2, 0.25) is 0 Å². The number of likely N-dealkylation sites (tertiary alicyclic amines) is 1. The fourth-order valence-corrected chi connectivity index (χ4v) is 4.75. The van der Waals surface area contributed by atoms with E-state index in [0.29, 0.717) is 18.4 Å². The number of carbonyl (C=O) groups is 2. The smallest absolute Gasteiger partial charge is 0.295 e. The highest BCUT2D eigenvalue weighted by atomic mass is 19.1. The van der Waals surface area contributed by atoms with Crippen molar-refractivity contribution in [1.29, 1.82) is 0 Å². The molecule has 172 valence electrons. The molecule has 3 aromatic rings. The number of fused-ring (bicyclic) bond motifs is 1. The second-order valence-corrected chi connectivity index (χ2v) is 8.70. The normalized spacial score (nSPS) is 20.9. The molecule has 0 spiro atoms. The lowest BCUT2D eigenvalue weighted by Gasteiger charge is -2.25. The second-order valence-electron chi connectivity index (χ2n) is 8.70. The zero-order valence-corrected chi connectivity index (χ0v) is 18.7. The number of Topliss-reactive ketones (excluding diaryl/α,β-unsaturated/α-hetero) is 1. The topological polar surface area (TPSA) is 66.8 Å². The summed E-state index contributed by atoms with van der Waals surface area (Å²) in [4.78, 5) is 27.6. The third kappa shape index (κ3) is 3.85. The molecule has 1 amide bonds. The van der Waals surface area contributed by atoms with E-state index in [1.807, 2.05) is 37.3 Å². The van der Waals surface area contributed by atoms with E-state index in [0.717, 1.165) is 16.9 Å². The number of nitrogens with zero attached hydrogens (tertiary/aromatic N) is 1. The molecule has 3 aromatic carbocycles. The van der Waals surface area contributed by atoms with Crippen LogP contribution >= 0.6 is 0 Å². The van der Waals surface area contributed by atoms with Crippen LogP contribution in [0.15, 0.2) is 78.4 Å². The molecule has 2 aliphatic heterocycles. The third-order valence-electron chi connectivity index (χ3n) is 6.39. The fraction of sp³-hybridized carbons (Fsp3) is 0.214. The molecule has 2 heterocycles. The van der Waals surface area contributed by atoms with Gasteiger partial charge in [-0.05, 0) is 48.7 Å². The van der Waals surface area contributed by atoms with Gasteiger partial charge in [0.2, 0.25) is 0 Å². The van der Waals surface area contributed by atoms with Crippen molar-refractivity contribution in [3.05, 3.63) is 106 Å². The van der Waals surface area contributed by atoms with Crippen LogP contribution in [-0.4, -0.2) is 34.3 Å². The molecule has 1 fully saturated rings. The maximum absolute atomic E-state index is 14.9. The molecule has 0 aromatic heterocycles. The van der Waals surface area contributed by atoms with Crippen LogP contribution in [0.5, 0.6) is 5.75 Å². The van der Waals surface area contributed by atoms with Gasteiger partial charge in [-0.1, -0.05) is 48.5 Å². The van der Waals surface area contributed by atoms with Crippen molar-refractivity contribution in [2.75, 3.05) is 6.54 Å². The van der Waals surface area contributed by atoms with Gasteiger partial charge in [0, 0.05) is 24.1 Å². The number of carbonyl (C=O) groups excluding carboxylic acids is 2. The molecule has 0 bridgehead atoms. The second kappa shape index (κ2) is 8.78. The lowest BCUT2D eigenvalue weighted by Crippen LogP contribution is -2.32. The van der Waals surface area contributed by atoms with E-state index < -0.39 is 23.5 Å². The molecule has 5 rings (SSSR count). The quantitative estimate of drug-likeness (QED) is 0.339. The van der Waals surface area contributed by atoms with Gasteiger partial charge < -0.3 is 14.7 Å². The number of halogens is 1. The summed E-state index contributed by atoms with van der Waals surface area (Å²) in [5, 5.41) is 11.2. The highest BCUT2D eigenvalue weighted by Gasteiger charge is 2.46. The van der Waals surface area contributed by atoms with E-state index in [1.165, 1.54) is 11.0 Å². The summed E-state index contributed by atoms with van der Waals surface area (Å²) in [6.07, 6.45) is 1.19. The van der Waals surface area contributed by atoms with Crippen molar-refractivity contribution in [2.24, 2.45) is 0 Å². The van der Waals surface area contributed by atoms with Crippen molar-refractivity contribution in [3.63, 3.8) is 0 Å². The average molecular weight is 458 g/mol. The zero-order chi connectivity index (χ0) is 23.8. The monoisotopic (exact) mass is 457 g/mol. The minimum atomic E-state index is -1.02. The first-order valence-electron chi connectivity index (χ1n) is 11.3. The van der Waals surface area contributed by atoms with E-state index in [1.54, 1.807) is 36.4 Å². The summed E-state index contributed by atoms with van der Waals surface area (Å²) < 4.78 is 20.7. The Morgan fingerprint density at radius 2 is 1.79 bits per heavy atom. The molecule has 0 saturated carbocycles. The van der Waals surface area contributed by atoms with Gasteiger partial charge in [0.1, 0.15) is 23.4 Å². The summed E-state index contributed by atoms with van der Waals surface area (Å²) in [7, 11) is 0. The summed E-state index contributed by atoms with van der Waals surface area (Å²) in [6, 6.07) is 19.8. The molecule has 2 atom stereocenters. The first-order valence-corrected chi connectivity index (χ1v) is 11.3. The van der Waals surface area contributed by atoms with Crippen LogP contribution < -0.4 is 4.74 Å². The first kappa shape index (κ1) is 21.9. The molecule has 2 aliphatic rings. The minimum Gasteiger partial charge on any atom is -0.507 e. The number of amides is 1. The molecule has 1 N–H and O–H groups in total.